The maximum Gasteiger partial charge on any atom is 0.269 e. The first-order valence-corrected chi connectivity index (χ1v) is 12.3. The molecule has 4 heterocycles. The Bertz CT molecular complexity index is 1690. The number of thioether (sulfide) groups is 1. The summed E-state index contributed by atoms with van der Waals surface area (Å²) in [5, 5.41) is 0. The summed E-state index contributed by atoms with van der Waals surface area (Å²) in [5.74, 6) is 0.0343. The van der Waals surface area contributed by atoms with Gasteiger partial charge in [-0.1, -0.05) is 48.2 Å². The Kier molecular flexibility index (Phi) is 5.85. The molecule has 0 N–H and O–H groups in total. The summed E-state index contributed by atoms with van der Waals surface area (Å²) in [7, 11) is 0. The number of rotatable bonds is 5. The van der Waals surface area contributed by atoms with Gasteiger partial charge < -0.3 is 14.2 Å². The van der Waals surface area contributed by atoms with Gasteiger partial charge in [0.25, 0.3) is 11.5 Å². The summed E-state index contributed by atoms with van der Waals surface area (Å²) in [6.07, 6.45) is 2.95. The van der Waals surface area contributed by atoms with Crippen LogP contribution in [0.25, 0.3) is 11.7 Å². The molecular formula is C26H16FN3O5S2. The fraction of sp³-hybridized carbons (Fsp3) is 0.0769. The van der Waals surface area contributed by atoms with Crippen molar-refractivity contribution >= 4 is 45.9 Å². The van der Waals surface area contributed by atoms with E-state index >= 15 is 0 Å². The Labute approximate surface area is 218 Å². The van der Waals surface area contributed by atoms with Gasteiger partial charge in [-0.2, -0.15) is 4.98 Å². The van der Waals surface area contributed by atoms with Crippen LogP contribution in [0.4, 0.5) is 4.39 Å². The molecule has 0 unspecified atom stereocenters. The van der Waals surface area contributed by atoms with E-state index in [1.54, 1.807) is 42.6 Å². The van der Waals surface area contributed by atoms with Crippen molar-refractivity contribution < 1.29 is 23.4 Å². The number of para-hydroxylation sites is 1. The summed E-state index contributed by atoms with van der Waals surface area (Å²) < 4.78 is 32.5. The fourth-order valence-electron chi connectivity index (χ4n) is 3.90. The molecular weight excluding hydrogens is 517 g/mol. The number of ether oxygens (including phenoxy) is 3. The zero-order valence-corrected chi connectivity index (χ0v) is 20.6. The summed E-state index contributed by atoms with van der Waals surface area (Å²) in [6.45, 7) is 0.362. The van der Waals surface area contributed by atoms with E-state index in [2.05, 4.69) is 4.98 Å². The van der Waals surface area contributed by atoms with Gasteiger partial charge in [0.15, 0.2) is 23.1 Å². The minimum atomic E-state index is -0.612. The van der Waals surface area contributed by atoms with Crippen molar-refractivity contribution in [2.75, 3.05) is 6.79 Å². The van der Waals surface area contributed by atoms with Crippen LogP contribution in [0.3, 0.4) is 0 Å². The SMILES string of the molecule is O=C1/C(=C\c2c(Oc3ccccc3F)nc3ccccn3c2=O)SC(=S)N1Cc1ccc2c(c1)OCO2. The third kappa shape index (κ3) is 4.32. The Morgan fingerprint density at radius 3 is 2.76 bits per heavy atom. The van der Waals surface area contributed by atoms with Crippen molar-refractivity contribution in [3.05, 3.63) is 99.1 Å². The predicted molar refractivity (Wildman–Crippen MR) is 139 cm³/mol. The van der Waals surface area contributed by atoms with E-state index in [1.165, 1.54) is 33.6 Å². The average Bonchev–Trinajstić information content (AvgIpc) is 3.47. The number of carbonyl (C=O) groups is 1. The van der Waals surface area contributed by atoms with Crippen molar-refractivity contribution in [1.29, 1.82) is 0 Å². The molecule has 1 amide bonds. The molecule has 37 heavy (non-hydrogen) atoms. The number of benzene rings is 2. The zero-order chi connectivity index (χ0) is 25.5. The molecule has 1 saturated heterocycles. The molecule has 2 aromatic heterocycles. The van der Waals surface area contributed by atoms with E-state index in [9.17, 15) is 14.0 Å². The minimum Gasteiger partial charge on any atom is -0.454 e. The number of halogens is 1. The van der Waals surface area contributed by atoms with Crippen molar-refractivity contribution in [2.45, 2.75) is 6.54 Å². The summed E-state index contributed by atoms with van der Waals surface area (Å²) in [6, 6.07) is 16.2. The molecule has 4 aromatic rings. The van der Waals surface area contributed by atoms with Crippen LogP contribution in [-0.4, -0.2) is 31.3 Å². The first kappa shape index (κ1) is 23.2. The van der Waals surface area contributed by atoms with Gasteiger partial charge in [0.2, 0.25) is 12.7 Å². The lowest BCUT2D eigenvalue weighted by molar-refractivity contribution is -0.122. The molecule has 0 spiro atoms. The zero-order valence-electron chi connectivity index (χ0n) is 18.9. The summed E-state index contributed by atoms with van der Waals surface area (Å²) >= 11 is 6.53. The lowest BCUT2D eigenvalue weighted by Gasteiger charge is -2.14. The monoisotopic (exact) mass is 533 g/mol. The van der Waals surface area contributed by atoms with Gasteiger partial charge in [-0.3, -0.25) is 18.9 Å². The number of pyridine rings is 1. The van der Waals surface area contributed by atoms with E-state index in [-0.39, 0.29) is 41.3 Å². The van der Waals surface area contributed by atoms with Gasteiger partial charge in [-0.15, -0.1) is 0 Å². The van der Waals surface area contributed by atoms with Crippen LogP contribution in [0, 0.1) is 5.82 Å². The first-order valence-electron chi connectivity index (χ1n) is 11.1. The van der Waals surface area contributed by atoms with E-state index in [4.69, 9.17) is 26.4 Å². The number of hydrogen-bond donors (Lipinski definition) is 0. The molecule has 0 saturated carbocycles. The van der Waals surface area contributed by atoms with Crippen LogP contribution in [0.1, 0.15) is 11.1 Å². The van der Waals surface area contributed by atoms with Crippen molar-refractivity contribution in [3.63, 3.8) is 0 Å². The maximum absolute atomic E-state index is 14.3. The topological polar surface area (TPSA) is 82.4 Å². The highest BCUT2D eigenvalue weighted by Gasteiger charge is 2.33. The smallest absolute Gasteiger partial charge is 0.269 e. The predicted octanol–water partition coefficient (Wildman–Crippen LogP) is 4.76. The van der Waals surface area contributed by atoms with Crippen molar-refractivity contribution in [1.82, 2.24) is 14.3 Å². The van der Waals surface area contributed by atoms with Crippen molar-refractivity contribution in [3.8, 4) is 23.1 Å². The van der Waals surface area contributed by atoms with Crippen LogP contribution in [0.5, 0.6) is 23.1 Å². The van der Waals surface area contributed by atoms with Gasteiger partial charge in [0.1, 0.15) is 15.5 Å². The Morgan fingerprint density at radius 2 is 1.89 bits per heavy atom. The molecule has 2 aromatic carbocycles. The summed E-state index contributed by atoms with van der Waals surface area (Å²) in [5.41, 5.74) is 0.637. The summed E-state index contributed by atoms with van der Waals surface area (Å²) in [4.78, 5) is 32.8. The van der Waals surface area contributed by atoms with Crippen LogP contribution >= 0.6 is 24.0 Å². The molecule has 184 valence electrons. The van der Waals surface area contributed by atoms with Crippen LogP contribution in [0.15, 0.2) is 76.6 Å². The Hall–Kier alpha value is -4.22. The Balaban J connectivity index is 1.37. The van der Waals surface area contributed by atoms with Crippen LogP contribution in [0.2, 0.25) is 0 Å². The standard InChI is InChI=1S/C26H16FN3O5S2/c27-17-5-1-2-6-18(17)35-23-16(24(31)29-10-4-3-7-22(29)28-23)12-21-25(32)30(26(36)37-21)13-15-8-9-19-20(11-15)34-14-33-19/h1-12H,13-14H2/b21-12+. The van der Waals surface area contributed by atoms with Gasteiger partial charge in [0, 0.05) is 6.20 Å². The van der Waals surface area contributed by atoms with Crippen LogP contribution in [-0.2, 0) is 11.3 Å². The highest BCUT2D eigenvalue weighted by atomic mass is 32.2. The number of aromatic nitrogens is 2. The molecule has 0 radical (unpaired) electrons. The van der Waals surface area contributed by atoms with Crippen molar-refractivity contribution in [2.24, 2.45) is 0 Å². The quantitative estimate of drug-likeness (QED) is 0.268. The maximum atomic E-state index is 14.3. The number of fused-ring (bicyclic) bond motifs is 2. The molecule has 8 nitrogen and oxygen atoms in total. The van der Waals surface area contributed by atoms with E-state index in [0.717, 1.165) is 17.3 Å². The van der Waals surface area contributed by atoms with Gasteiger partial charge in [-0.25, -0.2) is 4.39 Å². The van der Waals surface area contributed by atoms with Gasteiger partial charge in [0.05, 0.1) is 11.4 Å². The van der Waals surface area contributed by atoms with Gasteiger partial charge in [-0.05, 0) is 48.0 Å². The minimum absolute atomic E-state index is 0.00414. The molecule has 0 aliphatic carbocycles. The average molecular weight is 534 g/mol. The first-order chi connectivity index (χ1) is 18.0. The molecule has 2 aliphatic heterocycles. The number of hydrogen-bond acceptors (Lipinski definition) is 8. The molecule has 0 bridgehead atoms. The second-order valence-electron chi connectivity index (χ2n) is 8.05. The molecule has 2 aliphatic rings. The largest absolute Gasteiger partial charge is 0.454 e. The Morgan fingerprint density at radius 1 is 1.08 bits per heavy atom. The highest BCUT2D eigenvalue weighted by Crippen LogP contribution is 2.37. The lowest BCUT2D eigenvalue weighted by atomic mass is 10.2. The normalized spacial score (nSPS) is 15.7. The fourth-order valence-corrected chi connectivity index (χ4v) is 5.14. The number of nitrogens with zero attached hydrogens (tertiary/aromatic N) is 3. The number of amides is 1. The van der Waals surface area contributed by atoms with E-state index in [1.807, 2.05) is 6.07 Å². The molecule has 11 heteroatoms. The molecule has 6 rings (SSSR count). The second-order valence-corrected chi connectivity index (χ2v) is 9.73. The molecule has 0 atom stereocenters. The second kappa shape index (κ2) is 9.34. The number of thiocarbonyl (C=S) groups is 1. The van der Waals surface area contributed by atoms with Crippen LogP contribution < -0.4 is 19.8 Å². The van der Waals surface area contributed by atoms with E-state index < -0.39 is 11.4 Å². The third-order valence-electron chi connectivity index (χ3n) is 5.70. The van der Waals surface area contributed by atoms with Gasteiger partial charge >= 0.3 is 0 Å². The molecule has 1 fully saturated rings. The third-order valence-corrected chi connectivity index (χ3v) is 7.08. The number of carbonyl (C=O) groups excluding carboxylic acids is 1. The lowest BCUT2D eigenvalue weighted by Crippen LogP contribution is -2.27. The van der Waals surface area contributed by atoms with E-state index in [0.29, 0.717) is 21.5 Å². The highest BCUT2D eigenvalue weighted by molar-refractivity contribution is 8.26.